The molecule has 1 atom stereocenters. The van der Waals surface area contributed by atoms with Crippen molar-refractivity contribution in [3.05, 3.63) is 82.3 Å². The Kier molecular flexibility index (Phi) is 9.56. The fourth-order valence-corrected chi connectivity index (χ4v) is 3.54. The van der Waals surface area contributed by atoms with Crippen LogP contribution in [0.2, 0.25) is 0 Å². The highest BCUT2D eigenvalue weighted by Crippen LogP contribution is 2.20. The number of rotatable bonds is 9. The zero-order valence-corrected chi connectivity index (χ0v) is 21.1. The minimum atomic E-state index is -0.337. The number of anilines is 1. The molecule has 184 valence electrons. The fraction of sp³-hybridized carbons (Fsp3) is 0.310. The van der Waals surface area contributed by atoms with Crippen molar-refractivity contribution in [3.8, 4) is 23.7 Å². The molecule has 0 aliphatic heterocycles. The Balaban J connectivity index is 1.89. The van der Waals surface area contributed by atoms with E-state index in [1.54, 1.807) is 25.4 Å². The van der Waals surface area contributed by atoms with Crippen LogP contribution in [0, 0.1) is 37.0 Å². The summed E-state index contributed by atoms with van der Waals surface area (Å²) in [6.07, 6.45) is 5.08. The molecule has 36 heavy (non-hydrogen) atoms. The van der Waals surface area contributed by atoms with E-state index in [-0.39, 0.29) is 12.0 Å². The highest BCUT2D eigenvalue weighted by molar-refractivity contribution is 6.04. The number of amides is 1. The van der Waals surface area contributed by atoms with Gasteiger partial charge in [-0.1, -0.05) is 17.9 Å². The fourth-order valence-electron chi connectivity index (χ4n) is 3.54. The smallest absolute Gasteiger partial charge is 0.257 e. The third kappa shape index (κ3) is 7.94. The van der Waals surface area contributed by atoms with E-state index < -0.39 is 0 Å². The van der Waals surface area contributed by atoms with E-state index in [0.29, 0.717) is 35.7 Å². The number of aromatic nitrogens is 2. The molecule has 1 amide bonds. The number of carbonyl (C=O) groups is 1. The summed E-state index contributed by atoms with van der Waals surface area (Å²) in [7, 11) is 1.61. The SMILES string of the molecule is COC[C@H](C)Oc1cc(C#Cc2ccc(C)c(CCCC#N)c2)cc(C(=O)Nc2cnc(C)cn2)c1. The summed E-state index contributed by atoms with van der Waals surface area (Å²) in [5.41, 5.74) is 5.03. The van der Waals surface area contributed by atoms with Gasteiger partial charge in [0.1, 0.15) is 11.9 Å². The number of aryl methyl sites for hydroxylation is 3. The van der Waals surface area contributed by atoms with Gasteiger partial charge in [0.2, 0.25) is 0 Å². The molecule has 1 N–H and O–H groups in total. The molecule has 1 heterocycles. The first-order valence-electron chi connectivity index (χ1n) is 11.8. The number of hydrogen-bond donors (Lipinski definition) is 1. The molecule has 0 radical (unpaired) electrons. The Labute approximate surface area is 212 Å². The van der Waals surface area contributed by atoms with Gasteiger partial charge in [0, 0.05) is 30.2 Å². The molecule has 7 nitrogen and oxygen atoms in total. The van der Waals surface area contributed by atoms with Crippen molar-refractivity contribution in [1.82, 2.24) is 9.97 Å². The number of nitrogens with one attached hydrogen (secondary N) is 1. The van der Waals surface area contributed by atoms with E-state index in [0.717, 1.165) is 24.1 Å². The zero-order valence-electron chi connectivity index (χ0n) is 21.1. The first-order chi connectivity index (χ1) is 17.4. The van der Waals surface area contributed by atoms with E-state index in [9.17, 15) is 4.79 Å². The van der Waals surface area contributed by atoms with Crippen molar-refractivity contribution in [2.75, 3.05) is 19.0 Å². The van der Waals surface area contributed by atoms with Crippen LogP contribution in [0.1, 0.15) is 58.1 Å². The number of benzene rings is 2. The molecular weight excluding hydrogens is 452 g/mol. The molecule has 1 aromatic heterocycles. The van der Waals surface area contributed by atoms with Crippen molar-refractivity contribution >= 4 is 11.7 Å². The van der Waals surface area contributed by atoms with Gasteiger partial charge in [0.05, 0.1) is 30.8 Å². The molecule has 3 rings (SSSR count). The Hall–Kier alpha value is -4.20. The maximum atomic E-state index is 13.0. The van der Waals surface area contributed by atoms with Crippen LogP contribution in [0.15, 0.2) is 48.8 Å². The minimum Gasteiger partial charge on any atom is -0.488 e. The average molecular weight is 483 g/mol. The monoisotopic (exact) mass is 482 g/mol. The lowest BCUT2D eigenvalue weighted by Crippen LogP contribution is -2.19. The van der Waals surface area contributed by atoms with Gasteiger partial charge >= 0.3 is 0 Å². The van der Waals surface area contributed by atoms with Crippen LogP contribution in [0.4, 0.5) is 5.82 Å². The van der Waals surface area contributed by atoms with Gasteiger partial charge in [-0.15, -0.1) is 0 Å². The molecule has 7 heteroatoms. The van der Waals surface area contributed by atoms with E-state index in [1.165, 1.54) is 17.3 Å². The molecule has 0 saturated heterocycles. The van der Waals surface area contributed by atoms with Gasteiger partial charge in [0.25, 0.3) is 5.91 Å². The molecule has 0 bridgehead atoms. The van der Waals surface area contributed by atoms with Gasteiger partial charge in [-0.25, -0.2) is 4.98 Å². The molecular formula is C29H30N4O3. The molecule has 2 aromatic carbocycles. The van der Waals surface area contributed by atoms with E-state index in [4.69, 9.17) is 14.7 Å². The predicted octanol–water partition coefficient (Wildman–Crippen LogP) is 5.01. The van der Waals surface area contributed by atoms with Gasteiger partial charge in [-0.05, 0) is 75.1 Å². The first-order valence-corrected chi connectivity index (χ1v) is 11.8. The summed E-state index contributed by atoms with van der Waals surface area (Å²) < 4.78 is 11.1. The van der Waals surface area contributed by atoms with Crippen LogP contribution < -0.4 is 10.1 Å². The van der Waals surface area contributed by atoms with Crippen molar-refractivity contribution < 1.29 is 14.3 Å². The summed E-state index contributed by atoms with van der Waals surface area (Å²) in [5, 5.41) is 11.6. The molecule has 0 spiro atoms. The maximum Gasteiger partial charge on any atom is 0.257 e. The lowest BCUT2D eigenvalue weighted by Gasteiger charge is -2.15. The first kappa shape index (κ1) is 26.4. The van der Waals surface area contributed by atoms with Crippen LogP contribution in [0.25, 0.3) is 0 Å². The zero-order chi connectivity index (χ0) is 25.9. The average Bonchev–Trinajstić information content (AvgIpc) is 2.86. The van der Waals surface area contributed by atoms with Gasteiger partial charge in [0.15, 0.2) is 5.82 Å². The number of carbonyl (C=O) groups excluding carboxylic acids is 1. The van der Waals surface area contributed by atoms with Gasteiger partial charge < -0.3 is 14.8 Å². The summed E-state index contributed by atoms with van der Waals surface area (Å²) in [5.74, 6) is 6.91. The standard InChI is InChI=1S/C29H30N4O3/c1-20-8-9-23(13-25(20)7-5-6-12-30)10-11-24-14-26(16-27(15-24)36-22(3)19-35-4)29(34)33-28-18-31-21(2)17-32-28/h8-9,13-18,22H,5-7,19H2,1-4H3,(H,32,33,34)/t22-/m0/s1. The second-order valence-electron chi connectivity index (χ2n) is 8.53. The van der Waals surface area contributed by atoms with Crippen LogP contribution in [0.3, 0.4) is 0 Å². The number of methoxy groups -OCH3 is 1. The number of ether oxygens (including phenoxy) is 2. The Morgan fingerprint density at radius 1 is 1.08 bits per heavy atom. The van der Waals surface area contributed by atoms with Crippen LogP contribution >= 0.6 is 0 Å². The van der Waals surface area contributed by atoms with E-state index >= 15 is 0 Å². The normalized spacial score (nSPS) is 11.1. The molecule has 0 aliphatic carbocycles. The highest BCUT2D eigenvalue weighted by atomic mass is 16.5. The van der Waals surface area contributed by atoms with Crippen LogP contribution in [-0.4, -0.2) is 35.7 Å². The summed E-state index contributed by atoms with van der Waals surface area (Å²) in [6.45, 7) is 6.19. The third-order valence-electron chi connectivity index (χ3n) is 5.36. The van der Waals surface area contributed by atoms with Crippen LogP contribution in [-0.2, 0) is 11.2 Å². The summed E-state index contributed by atoms with van der Waals surface area (Å²) in [4.78, 5) is 21.3. The minimum absolute atomic E-state index is 0.204. The summed E-state index contributed by atoms with van der Waals surface area (Å²) in [6, 6.07) is 13.5. The van der Waals surface area contributed by atoms with Crippen molar-refractivity contribution in [3.63, 3.8) is 0 Å². The van der Waals surface area contributed by atoms with Crippen LogP contribution in [0.5, 0.6) is 5.75 Å². The van der Waals surface area contributed by atoms with Gasteiger partial charge in [-0.3, -0.25) is 9.78 Å². The maximum absolute atomic E-state index is 13.0. The number of hydrogen-bond acceptors (Lipinski definition) is 6. The predicted molar refractivity (Wildman–Crippen MR) is 139 cm³/mol. The molecule has 0 fully saturated rings. The van der Waals surface area contributed by atoms with Crippen molar-refractivity contribution in [2.45, 2.75) is 46.1 Å². The largest absolute Gasteiger partial charge is 0.488 e. The molecule has 0 saturated carbocycles. The number of unbranched alkanes of at least 4 members (excludes halogenated alkanes) is 1. The lowest BCUT2D eigenvalue weighted by atomic mass is 10.00. The Morgan fingerprint density at radius 2 is 1.89 bits per heavy atom. The molecule has 0 aliphatic rings. The van der Waals surface area contributed by atoms with Crippen molar-refractivity contribution in [2.24, 2.45) is 0 Å². The van der Waals surface area contributed by atoms with Gasteiger partial charge in [-0.2, -0.15) is 5.26 Å². The van der Waals surface area contributed by atoms with E-state index in [2.05, 4.69) is 46.2 Å². The summed E-state index contributed by atoms with van der Waals surface area (Å²) >= 11 is 0. The second-order valence-corrected chi connectivity index (χ2v) is 8.53. The second kappa shape index (κ2) is 13.0. The molecule has 0 unspecified atom stereocenters. The Bertz CT molecular complexity index is 1300. The molecule has 3 aromatic rings. The van der Waals surface area contributed by atoms with Crippen molar-refractivity contribution in [1.29, 1.82) is 5.26 Å². The quantitative estimate of drug-likeness (QED) is 0.340. The number of nitriles is 1. The Morgan fingerprint density at radius 3 is 2.61 bits per heavy atom. The third-order valence-corrected chi connectivity index (χ3v) is 5.36. The van der Waals surface area contributed by atoms with E-state index in [1.807, 2.05) is 32.0 Å². The lowest BCUT2D eigenvalue weighted by molar-refractivity contribution is 0.0917. The number of nitrogens with zero attached hydrogens (tertiary/aromatic N) is 3. The topological polar surface area (TPSA) is 97.1 Å². The highest BCUT2D eigenvalue weighted by Gasteiger charge is 2.12.